The Morgan fingerprint density at radius 2 is 2.35 bits per heavy atom. The normalized spacial score (nSPS) is 19.6. The van der Waals surface area contributed by atoms with E-state index in [9.17, 15) is 0 Å². The molecule has 20 heavy (non-hydrogen) atoms. The van der Waals surface area contributed by atoms with Crippen LogP contribution in [0.5, 0.6) is 0 Å². The lowest BCUT2D eigenvalue weighted by Gasteiger charge is -2.21. The van der Waals surface area contributed by atoms with Crippen LogP contribution in [0.1, 0.15) is 25.5 Å². The molecule has 0 radical (unpaired) electrons. The molecule has 0 aromatic carbocycles. The molecular formula is C14H20N4S2. The van der Waals surface area contributed by atoms with Crippen molar-refractivity contribution in [2.75, 3.05) is 29.1 Å². The third-order valence-corrected chi connectivity index (χ3v) is 6.23. The van der Waals surface area contributed by atoms with Gasteiger partial charge in [0.15, 0.2) is 5.82 Å². The van der Waals surface area contributed by atoms with Gasteiger partial charge in [0.2, 0.25) is 0 Å². The van der Waals surface area contributed by atoms with E-state index in [4.69, 9.17) is 0 Å². The van der Waals surface area contributed by atoms with Crippen LogP contribution in [0.4, 0.5) is 5.82 Å². The number of hydrogen-bond donors (Lipinski definition) is 1. The summed E-state index contributed by atoms with van der Waals surface area (Å²) in [6, 6.07) is 2.14. The molecule has 0 spiro atoms. The number of hydrogen-bond acceptors (Lipinski definition) is 5. The molecule has 2 aromatic heterocycles. The van der Waals surface area contributed by atoms with Gasteiger partial charge < -0.3 is 5.32 Å². The lowest BCUT2D eigenvalue weighted by molar-refractivity contribution is 0.787. The van der Waals surface area contributed by atoms with Crippen molar-refractivity contribution in [3.63, 3.8) is 0 Å². The molecule has 2 aromatic rings. The first-order valence-electron chi connectivity index (χ1n) is 7.01. The standard InChI is InChI=1S/C14H20N4S2/c1-10(2)12-7-13-14(15-3-4-18(13)17-12)16-8-11-9-19-5-6-20-11/h3-4,7,10-11H,5-6,8-9H2,1-2H3,(H,15,16). The molecule has 6 heteroatoms. The van der Waals surface area contributed by atoms with Gasteiger partial charge in [-0.25, -0.2) is 9.50 Å². The van der Waals surface area contributed by atoms with E-state index in [0.717, 1.165) is 23.6 Å². The van der Waals surface area contributed by atoms with Crippen molar-refractivity contribution in [2.45, 2.75) is 25.0 Å². The van der Waals surface area contributed by atoms with Gasteiger partial charge in [0, 0.05) is 41.4 Å². The largest absolute Gasteiger partial charge is 0.367 e. The molecule has 1 atom stereocenters. The molecule has 1 aliphatic rings. The summed E-state index contributed by atoms with van der Waals surface area (Å²) in [5, 5.41) is 8.78. The minimum absolute atomic E-state index is 0.438. The zero-order valence-electron chi connectivity index (χ0n) is 11.9. The molecule has 0 bridgehead atoms. The average Bonchev–Trinajstić information content (AvgIpc) is 2.91. The Balaban J connectivity index is 1.76. The van der Waals surface area contributed by atoms with Gasteiger partial charge in [0.25, 0.3) is 0 Å². The van der Waals surface area contributed by atoms with Crippen LogP contribution in [0.3, 0.4) is 0 Å². The minimum Gasteiger partial charge on any atom is -0.367 e. The van der Waals surface area contributed by atoms with E-state index in [1.54, 1.807) is 0 Å². The fourth-order valence-electron chi connectivity index (χ4n) is 2.22. The van der Waals surface area contributed by atoms with Crippen LogP contribution in [-0.2, 0) is 0 Å². The van der Waals surface area contributed by atoms with Crippen molar-refractivity contribution >= 4 is 34.9 Å². The monoisotopic (exact) mass is 308 g/mol. The molecule has 0 amide bonds. The molecular weight excluding hydrogens is 288 g/mol. The third-order valence-electron chi connectivity index (χ3n) is 3.38. The third kappa shape index (κ3) is 3.06. The van der Waals surface area contributed by atoms with Crippen LogP contribution in [0, 0.1) is 0 Å². The van der Waals surface area contributed by atoms with Crippen LogP contribution < -0.4 is 5.32 Å². The van der Waals surface area contributed by atoms with E-state index in [-0.39, 0.29) is 0 Å². The molecule has 4 nitrogen and oxygen atoms in total. The summed E-state index contributed by atoms with van der Waals surface area (Å²) in [5.41, 5.74) is 2.19. The Hall–Kier alpha value is -0.880. The Morgan fingerprint density at radius 1 is 1.45 bits per heavy atom. The summed E-state index contributed by atoms with van der Waals surface area (Å²) in [4.78, 5) is 4.48. The topological polar surface area (TPSA) is 42.2 Å². The molecule has 1 unspecified atom stereocenters. The molecule has 1 aliphatic heterocycles. The highest BCUT2D eigenvalue weighted by atomic mass is 32.2. The maximum atomic E-state index is 4.59. The second-order valence-electron chi connectivity index (χ2n) is 5.28. The lowest BCUT2D eigenvalue weighted by atomic mass is 10.1. The number of thioether (sulfide) groups is 2. The SMILES string of the molecule is CC(C)c1cc2c(NCC3CSCCS3)nccn2n1. The number of anilines is 1. The van der Waals surface area contributed by atoms with Crippen molar-refractivity contribution in [3.8, 4) is 0 Å². The van der Waals surface area contributed by atoms with Gasteiger partial charge in [-0.05, 0) is 12.0 Å². The first-order chi connectivity index (χ1) is 9.74. The minimum atomic E-state index is 0.438. The van der Waals surface area contributed by atoms with Crippen molar-refractivity contribution in [3.05, 3.63) is 24.2 Å². The second kappa shape index (κ2) is 6.26. The summed E-state index contributed by atoms with van der Waals surface area (Å²) in [6.45, 7) is 5.31. The highest BCUT2D eigenvalue weighted by molar-refractivity contribution is 8.06. The molecule has 3 rings (SSSR count). The highest BCUT2D eigenvalue weighted by Gasteiger charge is 2.15. The summed E-state index contributed by atoms with van der Waals surface area (Å²) in [7, 11) is 0. The quantitative estimate of drug-likeness (QED) is 0.940. The van der Waals surface area contributed by atoms with Gasteiger partial charge >= 0.3 is 0 Å². The average molecular weight is 308 g/mol. The number of nitrogens with one attached hydrogen (secondary N) is 1. The smallest absolute Gasteiger partial charge is 0.152 e. The Labute approximate surface area is 128 Å². The number of nitrogens with zero attached hydrogens (tertiary/aromatic N) is 3. The summed E-state index contributed by atoms with van der Waals surface area (Å²) in [6.07, 6.45) is 3.73. The van der Waals surface area contributed by atoms with E-state index >= 15 is 0 Å². The zero-order chi connectivity index (χ0) is 13.9. The van der Waals surface area contributed by atoms with Crippen LogP contribution in [0.15, 0.2) is 18.5 Å². The fraction of sp³-hybridized carbons (Fsp3) is 0.571. The summed E-state index contributed by atoms with van der Waals surface area (Å²) in [5.74, 6) is 5.17. The highest BCUT2D eigenvalue weighted by Crippen LogP contribution is 2.25. The van der Waals surface area contributed by atoms with Gasteiger partial charge in [-0.2, -0.15) is 28.6 Å². The van der Waals surface area contributed by atoms with Crippen molar-refractivity contribution < 1.29 is 0 Å². The van der Waals surface area contributed by atoms with E-state index in [2.05, 4.69) is 58.8 Å². The predicted octanol–water partition coefficient (Wildman–Crippen LogP) is 3.11. The molecule has 0 saturated carbocycles. The predicted molar refractivity (Wildman–Crippen MR) is 89.1 cm³/mol. The van der Waals surface area contributed by atoms with Gasteiger partial charge in [-0.3, -0.25) is 0 Å². The summed E-state index contributed by atoms with van der Waals surface area (Å²) < 4.78 is 1.92. The van der Waals surface area contributed by atoms with Gasteiger partial charge in [-0.1, -0.05) is 13.8 Å². The first-order valence-corrected chi connectivity index (χ1v) is 9.22. The maximum Gasteiger partial charge on any atom is 0.152 e. The molecule has 1 fully saturated rings. The maximum absolute atomic E-state index is 4.59. The lowest BCUT2D eigenvalue weighted by Crippen LogP contribution is -2.23. The molecule has 1 N–H and O–H groups in total. The van der Waals surface area contributed by atoms with E-state index in [1.165, 1.54) is 17.3 Å². The first kappa shape index (κ1) is 14.1. The second-order valence-corrected chi connectivity index (χ2v) is 7.84. The van der Waals surface area contributed by atoms with Crippen LogP contribution in [0.25, 0.3) is 5.52 Å². The van der Waals surface area contributed by atoms with Crippen molar-refractivity contribution in [2.24, 2.45) is 0 Å². The molecule has 3 heterocycles. The van der Waals surface area contributed by atoms with Crippen LogP contribution >= 0.6 is 23.5 Å². The number of rotatable bonds is 4. The van der Waals surface area contributed by atoms with Crippen molar-refractivity contribution in [1.82, 2.24) is 14.6 Å². The van der Waals surface area contributed by atoms with E-state index in [1.807, 2.05) is 16.9 Å². The van der Waals surface area contributed by atoms with E-state index < -0.39 is 0 Å². The van der Waals surface area contributed by atoms with Crippen LogP contribution in [-0.4, -0.2) is 43.7 Å². The number of aromatic nitrogens is 3. The summed E-state index contributed by atoms with van der Waals surface area (Å²) >= 11 is 4.12. The van der Waals surface area contributed by atoms with Crippen LogP contribution in [0.2, 0.25) is 0 Å². The zero-order valence-corrected chi connectivity index (χ0v) is 13.5. The Morgan fingerprint density at radius 3 is 3.10 bits per heavy atom. The van der Waals surface area contributed by atoms with Gasteiger partial charge in [0.05, 0.1) is 5.69 Å². The molecule has 0 aliphatic carbocycles. The van der Waals surface area contributed by atoms with E-state index in [0.29, 0.717) is 11.2 Å². The van der Waals surface area contributed by atoms with Gasteiger partial charge in [0.1, 0.15) is 5.52 Å². The Bertz CT molecular complexity index is 576. The molecule has 1 saturated heterocycles. The molecule has 108 valence electrons. The van der Waals surface area contributed by atoms with Crippen molar-refractivity contribution in [1.29, 1.82) is 0 Å². The van der Waals surface area contributed by atoms with Gasteiger partial charge in [-0.15, -0.1) is 0 Å². The fourth-order valence-corrected chi connectivity index (χ4v) is 4.84. The Kier molecular flexibility index (Phi) is 4.41. The number of fused-ring (bicyclic) bond motifs is 1.